The number of hydrogen-bond donors (Lipinski definition) is 3. The number of nitrogens with one attached hydrogen (secondary N) is 3. The molecule has 0 radical (unpaired) electrons. The number of aromatic amines is 2. The lowest BCUT2D eigenvalue weighted by Crippen LogP contribution is -2.23. The van der Waals surface area contributed by atoms with E-state index in [0.29, 0.717) is 54.5 Å². The number of anilines is 1. The van der Waals surface area contributed by atoms with Gasteiger partial charge in [-0.3, -0.25) is 19.4 Å². The van der Waals surface area contributed by atoms with Gasteiger partial charge in [0.05, 0.1) is 40.8 Å². The summed E-state index contributed by atoms with van der Waals surface area (Å²) in [5.74, 6) is 0.338. The molecule has 0 aliphatic carbocycles. The minimum absolute atomic E-state index is 0.147. The van der Waals surface area contributed by atoms with Crippen molar-refractivity contribution in [2.24, 2.45) is 0 Å². The molecule has 1 unspecified atom stereocenters. The van der Waals surface area contributed by atoms with Crippen molar-refractivity contribution in [2.45, 2.75) is 38.1 Å². The predicted molar refractivity (Wildman–Crippen MR) is 119 cm³/mol. The molecule has 3 aromatic heterocycles. The molecule has 9 nitrogen and oxygen atoms in total. The Kier molecular flexibility index (Phi) is 6.00. The van der Waals surface area contributed by atoms with E-state index >= 15 is 0 Å². The van der Waals surface area contributed by atoms with Gasteiger partial charge in [-0.05, 0) is 43.9 Å². The van der Waals surface area contributed by atoms with Crippen LogP contribution in [0.3, 0.4) is 0 Å². The van der Waals surface area contributed by atoms with E-state index in [4.69, 9.17) is 9.47 Å². The van der Waals surface area contributed by atoms with Gasteiger partial charge in [-0.25, -0.2) is 9.97 Å². The lowest BCUT2D eigenvalue weighted by molar-refractivity contribution is -0.162. The van der Waals surface area contributed by atoms with Gasteiger partial charge < -0.3 is 14.8 Å². The summed E-state index contributed by atoms with van der Waals surface area (Å²) in [7, 11) is 0. The fraction of sp³-hybridized carbons (Fsp3) is 0.409. The third kappa shape index (κ3) is 4.50. The van der Waals surface area contributed by atoms with Crippen LogP contribution in [0.5, 0.6) is 0 Å². The SMILES string of the molecule is O=c1cc(-c2cnc3c(NCCCOC4CCCCO4)nc4cc(C(F)(F)F)ccc4n23)[nH][nH]1. The Morgan fingerprint density at radius 2 is 2.12 bits per heavy atom. The number of aromatic nitrogens is 5. The molecule has 34 heavy (non-hydrogen) atoms. The molecule has 1 aromatic carbocycles. The normalized spacial score (nSPS) is 17.0. The first-order chi connectivity index (χ1) is 16.4. The van der Waals surface area contributed by atoms with E-state index < -0.39 is 11.7 Å². The highest BCUT2D eigenvalue weighted by Gasteiger charge is 2.31. The molecule has 12 heteroatoms. The van der Waals surface area contributed by atoms with E-state index in [9.17, 15) is 18.0 Å². The van der Waals surface area contributed by atoms with Crippen LogP contribution in [0.25, 0.3) is 28.1 Å². The summed E-state index contributed by atoms with van der Waals surface area (Å²) in [6, 6.07) is 4.73. The van der Waals surface area contributed by atoms with E-state index in [1.54, 1.807) is 10.6 Å². The number of benzene rings is 1. The fourth-order valence-corrected chi connectivity index (χ4v) is 4.03. The Hall–Kier alpha value is -3.38. The fourth-order valence-electron chi connectivity index (χ4n) is 4.03. The van der Waals surface area contributed by atoms with Gasteiger partial charge in [0.25, 0.3) is 5.56 Å². The first kappa shape index (κ1) is 22.4. The number of ether oxygens (including phenoxy) is 2. The van der Waals surface area contributed by atoms with Crippen molar-refractivity contribution >= 4 is 22.5 Å². The Morgan fingerprint density at radius 1 is 1.24 bits per heavy atom. The van der Waals surface area contributed by atoms with E-state index in [1.165, 1.54) is 12.1 Å². The van der Waals surface area contributed by atoms with Crippen LogP contribution in [0.15, 0.2) is 35.3 Å². The third-order valence-corrected chi connectivity index (χ3v) is 5.68. The van der Waals surface area contributed by atoms with Gasteiger partial charge >= 0.3 is 6.18 Å². The number of halogens is 3. The van der Waals surface area contributed by atoms with Crippen LogP contribution < -0.4 is 10.9 Å². The second-order valence-corrected chi connectivity index (χ2v) is 8.08. The number of imidazole rings is 1. The van der Waals surface area contributed by atoms with Crippen molar-refractivity contribution in [3.8, 4) is 11.4 Å². The highest BCUT2D eigenvalue weighted by Crippen LogP contribution is 2.33. The van der Waals surface area contributed by atoms with E-state index in [1.807, 2.05) is 0 Å². The molecule has 1 saturated heterocycles. The highest BCUT2D eigenvalue weighted by atomic mass is 19.4. The summed E-state index contributed by atoms with van der Waals surface area (Å²) in [6.07, 6.45) is 0.508. The Morgan fingerprint density at radius 3 is 2.85 bits per heavy atom. The van der Waals surface area contributed by atoms with Crippen LogP contribution in [0.4, 0.5) is 19.0 Å². The van der Waals surface area contributed by atoms with Crippen molar-refractivity contribution in [1.29, 1.82) is 0 Å². The number of hydrogen-bond acceptors (Lipinski definition) is 6. The standard InChI is InChI=1S/C22H23F3N6O3/c23-22(24,25)13-5-6-16-14(10-13)28-20(26-7-3-9-34-19-4-1-2-8-33-19)21-27-12-17(31(16)21)15-11-18(32)30-29-15/h5-6,10-12,19H,1-4,7-9H2,(H,26,28)(H2,29,30,32). The Labute approximate surface area is 191 Å². The van der Waals surface area contributed by atoms with E-state index in [0.717, 1.165) is 31.4 Å². The average Bonchev–Trinajstić information content (AvgIpc) is 3.45. The molecule has 0 bridgehead atoms. The van der Waals surface area contributed by atoms with Crippen molar-refractivity contribution in [1.82, 2.24) is 24.6 Å². The summed E-state index contributed by atoms with van der Waals surface area (Å²) in [4.78, 5) is 20.5. The molecular formula is C22H23F3N6O3. The lowest BCUT2D eigenvalue weighted by atomic mass is 10.2. The van der Waals surface area contributed by atoms with Crippen LogP contribution in [0.1, 0.15) is 31.2 Å². The molecule has 4 aromatic rings. The minimum Gasteiger partial charge on any atom is -0.367 e. The summed E-state index contributed by atoms with van der Waals surface area (Å²) in [5.41, 5.74) is 0.854. The molecular weight excluding hydrogens is 453 g/mol. The van der Waals surface area contributed by atoms with Crippen LogP contribution in [0, 0.1) is 0 Å². The molecule has 3 N–H and O–H groups in total. The maximum atomic E-state index is 13.3. The molecule has 1 aliphatic rings. The predicted octanol–water partition coefficient (Wildman–Crippen LogP) is 3.93. The zero-order valence-corrected chi connectivity index (χ0v) is 18.1. The van der Waals surface area contributed by atoms with Crippen molar-refractivity contribution < 1.29 is 22.6 Å². The number of rotatable bonds is 7. The first-order valence-corrected chi connectivity index (χ1v) is 11.0. The van der Waals surface area contributed by atoms with E-state index in [-0.39, 0.29) is 17.4 Å². The van der Waals surface area contributed by atoms with Gasteiger partial charge in [0, 0.05) is 19.2 Å². The van der Waals surface area contributed by atoms with Crippen LogP contribution in [-0.2, 0) is 15.7 Å². The quantitative estimate of drug-likeness (QED) is 0.349. The third-order valence-electron chi connectivity index (χ3n) is 5.68. The summed E-state index contributed by atoms with van der Waals surface area (Å²) >= 11 is 0. The molecule has 180 valence electrons. The summed E-state index contributed by atoms with van der Waals surface area (Å²) in [5, 5.41) is 8.40. The van der Waals surface area contributed by atoms with E-state index in [2.05, 4.69) is 25.5 Å². The number of nitrogens with zero attached hydrogens (tertiary/aromatic N) is 3. The maximum absolute atomic E-state index is 13.3. The van der Waals surface area contributed by atoms with Gasteiger partial charge in [0.2, 0.25) is 0 Å². The van der Waals surface area contributed by atoms with Crippen LogP contribution in [-0.4, -0.2) is 50.6 Å². The average molecular weight is 476 g/mol. The zero-order chi connectivity index (χ0) is 23.7. The second-order valence-electron chi connectivity index (χ2n) is 8.08. The first-order valence-electron chi connectivity index (χ1n) is 11.0. The molecule has 1 aliphatic heterocycles. The second kappa shape index (κ2) is 9.11. The topological polar surface area (TPSA) is 109 Å². The molecule has 5 rings (SSSR count). The number of H-pyrrole nitrogens is 2. The van der Waals surface area contributed by atoms with Gasteiger partial charge in [-0.2, -0.15) is 13.2 Å². The van der Waals surface area contributed by atoms with Crippen LogP contribution >= 0.6 is 0 Å². The smallest absolute Gasteiger partial charge is 0.367 e. The monoisotopic (exact) mass is 476 g/mol. The zero-order valence-electron chi connectivity index (χ0n) is 18.1. The number of fused-ring (bicyclic) bond motifs is 3. The van der Waals surface area contributed by atoms with Gasteiger partial charge in [-0.15, -0.1) is 0 Å². The highest BCUT2D eigenvalue weighted by molar-refractivity contribution is 5.86. The molecule has 0 spiro atoms. The molecule has 0 amide bonds. The van der Waals surface area contributed by atoms with Crippen molar-refractivity contribution in [3.05, 3.63) is 46.4 Å². The van der Waals surface area contributed by atoms with Crippen molar-refractivity contribution in [3.63, 3.8) is 0 Å². The summed E-state index contributed by atoms with van der Waals surface area (Å²) < 4.78 is 52.9. The largest absolute Gasteiger partial charge is 0.416 e. The molecule has 1 fully saturated rings. The molecule has 1 atom stereocenters. The lowest BCUT2D eigenvalue weighted by Gasteiger charge is -2.22. The minimum atomic E-state index is -4.50. The Bertz CT molecular complexity index is 1350. The number of alkyl halides is 3. The van der Waals surface area contributed by atoms with Gasteiger partial charge in [0.1, 0.15) is 0 Å². The van der Waals surface area contributed by atoms with Crippen molar-refractivity contribution in [2.75, 3.05) is 25.1 Å². The molecule has 0 saturated carbocycles. The van der Waals surface area contributed by atoms with Gasteiger partial charge in [0.15, 0.2) is 17.8 Å². The maximum Gasteiger partial charge on any atom is 0.416 e. The van der Waals surface area contributed by atoms with Gasteiger partial charge in [-0.1, -0.05) is 0 Å². The Balaban J connectivity index is 1.45. The van der Waals surface area contributed by atoms with Crippen LogP contribution in [0.2, 0.25) is 0 Å². The molecule has 4 heterocycles. The summed E-state index contributed by atoms with van der Waals surface area (Å²) in [6.45, 7) is 1.66.